The van der Waals surface area contributed by atoms with Crippen molar-refractivity contribution in [2.75, 3.05) is 11.4 Å². The highest BCUT2D eigenvalue weighted by Gasteiger charge is 2.24. The molecule has 27 heavy (non-hydrogen) atoms. The Balaban J connectivity index is 1.95. The molecule has 1 aromatic carbocycles. The van der Waals surface area contributed by atoms with E-state index in [1.165, 1.54) is 40.5 Å². The van der Waals surface area contributed by atoms with Crippen molar-refractivity contribution in [2.24, 2.45) is 5.73 Å². The Morgan fingerprint density at radius 1 is 1.19 bits per heavy atom. The predicted molar refractivity (Wildman–Crippen MR) is 102 cm³/mol. The number of primary amides is 1. The molecule has 0 saturated carbocycles. The summed E-state index contributed by atoms with van der Waals surface area (Å²) in [5.74, 6) is -1.25. The summed E-state index contributed by atoms with van der Waals surface area (Å²) in [7, 11) is 0. The smallest absolute Gasteiger partial charge is 0.270 e. The fourth-order valence-electron chi connectivity index (χ4n) is 2.51. The Hall–Kier alpha value is -3.13. The van der Waals surface area contributed by atoms with Crippen molar-refractivity contribution in [1.29, 1.82) is 0 Å². The van der Waals surface area contributed by atoms with Gasteiger partial charge in [-0.1, -0.05) is 6.07 Å². The number of anilines is 1. The average Bonchev–Trinajstić information content (AvgIpc) is 3.05. The van der Waals surface area contributed by atoms with Gasteiger partial charge in [-0.05, 0) is 43.3 Å². The Morgan fingerprint density at radius 2 is 1.93 bits per heavy atom. The largest absolute Gasteiger partial charge is 0.370 e. The van der Waals surface area contributed by atoms with Gasteiger partial charge in [0.2, 0.25) is 5.91 Å². The van der Waals surface area contributed by atoms with Crippen LogP contribution in [0.4, 0.5) is 10.1 Å². The molecule has 0 bridgehead atoms. The van der Waals surface area contributed by atoms with E-state index in [-0.39, 0.29) is 18.9 Å². The minimum absolute atomic E-state index is 0.00589. The van der Waals surface area contributed by atoms with Gasteiger partial charge in [0.25, 0.3) is 5.91 Å². The number of halogens is 1. The molecular weight excluding hydrogens is 367 g/mol. The van der Waals surface area contributed by atoms with Crippen LogP contribution in [0, 0.1) is 12.7 Å². The number of amides is 2. The summed E-state index contributed by atoms with van der Waals surface area (Å²) in [5, 5.41) is 0.630. The number of pyridine rings is 1. The Morgan fingerprint density at radius 3 is 2.56 bits per heavy atom. The summed E-state index contributed by atoms with van der Waals surface area (Å²) in [6, 6.07) is 11.0. The normalized spacial score (nSPS) is 10.6. The van der Waals surface area contributed by atoms with Crippen LogP contribution < -0.4 is 10.6 Å². The Labute approximate surface area is 159 Å². The van der Waals surface area contributed by atoms with Gasteiger partial charge in [0.1, 0.15) is 15.7 Å². The maximum atomic E-state index is 13.3. The first-order chi connectivity index (χ1) is 13.0. The molecule has 0 aliphatic heterocycles. The van der Waals surface area contributed by atoms with Gasteiger partial charge in [0.15, 0.2) is 0 Å². The number of carbonyl (C=O) groups excluding carboxylic acids is 2. The molecular formula is C19H17FN4O2S. The zero-order valence-electron chi connectivity index (χ0n) is 14.6. The van der Waals surface area contributed by atoms with Crippen molar-refractivity contribution in [3.05, 3.63) is 65.0 Å². The van der Waals surface area contributed by atoms with Gasteiger partial charge in [0, 0.05) is 24.8 Å². The van der Waals surface area contributed by atoms with Crippen LogP contribution in [0.2, 0.25) is 0 Å². The third kappa shape index (κ3) is 4.35. The SMILES string of the molecule is Cc1nc(-c2ccccn2)sc1C(=O)N(CCC(N)=O)c1ccc(F)cc1. The lowest BCUT2D eigenvalue weighted by Gasteiger charge is -2.22. The lowest BCUT2D eigenvalue weighted by atomic mass is 10.2. The number of aryl methyl sites for hydroxylation is 1. The van der Waals surface area contributed by atoms with E-state index in [2.05, 4.69) is 9.97 Å². The molecule has 0 aliphatic carbocycles. The van der Waals surface area contributed by atoms with Gasteiger partial charge in [0.05, 0.1) is 11.4 Å². The van der Waals surface area contributed by atoms with Crippen molar-refractivity contribution in [3.63, 3.8) is 0 Å². The van der Waals surface area contributed by atoms with Gasteiger partial charge in [-0.25, -0.2) is 9.37 Å². The minimum atomic E-state index is -0.523. The van der Waals surface area contributed by atoms with Crippen LogP contribution in [0.3, 0.4) is 0 Å². The zero-order chi connectivity index (χ0) is 19.4. The number of rotatable bonds is 6. The highest BCUT2D eigenvalue weighted by molar-refractivity contribution is 7.17. The molecule has 2 N–H and O–H groups in total. The first-order valence-electron chi connectivity index (χ1n) is 8.20. The van der Waals surface area contributed by atoms with Crippen molar-refractivity contribution >= 4 is 28.8 Å². The predicted octanol–water partition coefficient (Wildman–Crippen LogP) is 3.17. The van der Waals surface area contributed by atoms with Crippen LogP contribution in [0.15, 0.2) is 48.7 Å². The summed E-state index contributed by atoms with van der Waals surface area (Å²) < 4.78 is 13.3. The lowest BCUT2D eigenvalue weighted by Crippen LogP contribution is -2.34. The van der Waals surface area contributed by atoms with E-state index in [1.807, 2.05) is 12.1 Å². The molecule has 0 unspecified atom stereocenters. The third-order valence-corrected chi connectivity index (χ3v) is 5.01. The molecule has 3 rings (SSSR count). The summed E-state index contributed by atoms with van der Waals surface area (Å²) >= 11 is 1.23. The molecule has 3 aromatic rings. The number of hydrogen-bond donors (Lipinski definition) is 1. The zero-order valence-corrected chi connectivity index (χ0v) is 15.4. The summed E-state index contributed by atoms with van der Waals surface area (Å²) in [6.07, 6.45) is 1.65. The molecule has 138 valence electrons. The molecule has 0 spiro atoms. The van der Waals surface area contributed by atoms with E-state index in [4.69, 9.17) is 5.73 Å². The highest BCUT2D eigenvalue weighted by atomic mass is 32.1. The number of aromatic nitrogens is 2. The fraction of sp³-hybridized carbons (Fsp3) is 0.158. The fourth-order valence-corrected chi connectivity index (χ4v) is 3.50. The maximum Gasteiger partial charge on any atom is 0.270 e. The molecule has 2 amide bonds. The van der Waals surface area contributed by atoms with Crippen LogP contribution >= 0.6 is 11.3 Å². The number of benzene rings is 1. The minimum Gasteiger partial charge on any atom is -0.370 e. The van der Waals surface area contributed by atoms with Crippen molar-refractivity contribution in [1.82, 2.24) is 9.97 Å². The lowest BCUT2D eigenvalue weighted by molar-refractivity contribution is -0.117. The van der Waals surface area contributed by atoms with Gasteiger partial charge < -0.3 is 10.6 Å². The summed E-state index contributed by atoms with van der Waals surface area (Å²) in [6.45, 7) is 1.84. The molecule has 2 heterocycles. The molecule has 0 radical (unpaired) electrons. The molecule has 8 heteroatoms. The third-order valence-electron chi connectivity index (χ3n) is 3.84. The number of nitrogens with two attached hydrogens (primary N) is 1. The van der Waals surface area contributed by atoms with E-state index in [0.717, 1.165) is 0 Å². The van der Waals surface area contributed by atoms with Gasteiger partial charge in [-0.15, -0.1) is 11.3 Å². The standard InChI is InChI=1S/C19H17FN4O2S/c1-12-17(27-18(23-12)15-4-2-3-10-22-15)19(26)24(11-9-16(21)25)14-7-5-13(20)6-8-14/h2-8,10H,9,11H2,1H3,(H2,21,25). The first-order valence-corrected chi connectivity index (χ1v) is 9.02. The Kier molecular flexibility index (Phi) is 5.56. The maximum absolute atomic E-state index is 13.3. The summed E-state index contributed by atoms with van der Waals surface area (Å²) in [5.41, 5.74) is 6.96. The monoisotopic (exact) mass is 384 g/mol. The molecule has 0 aliphatic rings. The number of hydrogen-bond acceptors (Lipinski definition) is 5. The second kappa shape index (κ2) is 8.05. The average molecular weight is 384 g/mol. The second-order valence-corrected chi connectivity index (χ2v) is 6.80. The van der Waals surface area contributed by atoms with E-state index >= 15 is 0 Å². The van der Waals surface area contributed by atoms with Crippen LogP contribution in [0.25, 0.3) is 10.7 Å². The topological polar surface area (TPSA) is 89.2 Å². The van der Waals surface area contributed by atoms with Crippen molar-refractivity contribution in [3.8, 4) is 10.7 Å². The van der Waals surface area contributed by atoms with E-state index < -0.39 is 11.7 Å². The number of thiazole rings is 1. The van der Waals surface area contributed by atoms with E-state index in [0.29, 0.717) is 27.0 Å². The molecule has 0 atom stereocenters. The Bertz CT molecular complexity index is 958. The van der Waals surface area contributed by atoms with Crippen LogP contribution in [0.5, 0.6) is 0 Å². The quantitative estimate of drug-likeness (QED) is 0.707. The summed E-state index contributed by atoms with van der Waals surface area (Å²) in [4.78, 5) is 34.9. The van der Waals surface area contributed by atoms with E-state index in [9.17, 15) is 14.0 Å². The van der Waals surface area contributed by atoms with Gasteiger partial charge in [-0.3, -0.25) is 14.6 Å². The van der Waals surface area contributed by atoms with Crippen molar-refractivity contribution in [2.45, 2.75) is 13.3 Å². The van der Waals surface area contributed by atoms with Crippen LogP contribution in [0.1, 0.15) is 21.8 Å². The van der Waals surface area contributed by atoms with Crippen molar-refractivity contribution < 1.29 is 14.0 Å². The second-order valence-electron chi connectivity index (χ2n) is 5.80. The van der Waals surface area contributed by atoms with Gasteiger partial charge >= 0.3 is 0 Å². The number of nitrogens with zero attached hydrogens (tertiary/aromatic N) is 3. The van der Waals surface area contributed by atoms with Gasteiger partial charge in [-0.2, -0.15) is 0 Å². The highest BCUT2D eigenvalue weighted by Crippen LogP contribution is 2.29. The molecule has 0 fully saturated rings. The molecule has 2 aromatic heterocycles. The first kappa shape index (κ1) is 18.7. The molecule has 6 nitrogen and oxygen atoms in total. The number of carbonyl (C=O) groups is 2. The van der Waals surface area contributed by atoms with E-state index in [1.54, 1.807) is 19.2 Å². The van der Waals surface area contributed by atoms with Crippen LogP contribution in [-0.4, -0.2) is 28.3 Å². The van der Waals surface area contributed by atoms with Crippen LogP contribution in [-0.2, 0) is 4.79 Å². The molecule has 0 saturated heterocycles.